The van der Waals surface area contributed by atoms with Gasteiger partial charge in [-0.05, 0) is 42.7 Å². The molecule has 0 atom stereocenters. The molecule has 1 amide bonds. The number of nitrogens with one attached hydrogen (secondary N) is 1. The highest BCUT2D eigenvalue weighted by atomic mass is 35.5. The lowest BCUT2D eigenvalue weighted by molar-refractivity contribution is -0.118. The fourth-order valence-corrected chi connectivity index (χ4v) is 3.68. The van der Waals surface area contributed by atoms with Crippen LogP contribution in [0, 0.1) is 0 Å². The summed E-state index contributed by atoms with van der Waals surface area (Å²) < 4.78 is 2.01. The summed E-state index contributed by atoms with van der Waals surface area (Å²) in [5.41, 5.74) is 2.19. The van der Waals surface area contributed by atoms with E-state index >= 15 is 0 Å². The Morgan fingerprint density at radius 2 is 1.82 bits per heavy atom. The van der Waals surface area contributed by atoms with E-state index in [1.54, 1.807) is 0 Å². The molecule has 28 heavy (non-hydrogen) atoms. The van der Waals surface area contributed by atoms with Crippen molar-refractivity contribution in [3.8, 4) is 5.69 Å². The van der Waals surface area contributed by atoms with Crippen LogP contribution in [0.5, 0.6) is 0 Å². The van der Waals surface area contributed by atoms with E-state index < -0.39 is 0 Å². The number of rotatable bonds is 9. The molecule has 0 aliphatic carbocycles. The van der Waals surface area contributed by atoms with E-state index in [-0.39, 0.29) is 5.91 Å². The molecule has 146 valence electrons. The number of aryl methyl sites for hydroxylation is 2. The van der Waals surface area contributed by atoms with Gasteiger partial charge in [-0.3, -0.25) is 9.36 Å². The minimum atomic E-state index is 0.00309. The van der Waals surface area contributed by atoms with Gasteiger partial charge in [0.25, 0.3) is 0 Å². The zero-order valence-electron chi connectivity index (χ0n) is 15.8. The highest BCUT2D eigenvalue weighted by Gasteiger charge is 2.16. The molecular formula is C21H23ClN4OS. The van der Waals surface area contributed by atoms with Crippen molar-refractivity contribution in [2.75, 3.05) is 12.3 Å². The Labute approximate surface area is 174 Å². The topological polar surface area (TPSA) is 59.8 Å². The molecular weight excluding hydrogens is 392 g/mol. The summed E-state index contributed by atoms with van der Waals surface area (Å²) in [5.74, 6) is 1.18. The Morgan fingerprint density at radius 3 is 2.54 bits per heavy atom. The Morgan fingerprint density at radius 1 is 1.07 bits per heavy atom. The Hall–Kier alpha value is -2.31. The van der Waals surface area contributed by atoms with Crippen LogP contribution in [0.4, 0.5) is 0 Å². The van der Waals surface area contributed by atoms with Gasteiger partial charge in [-0.2, -0.15) is 0 Å². The standard InChI is InChI=1S/C21H23ClN4OS/c1-2-14-23-20(27)15-28-21-25-24-19(13-8-16-6-4-3-5-7-16)26(21)18-11-9-17(22)10-12-18/h3-7,9-12H,2,8,13-15H2,1H3,(H,23,27). The maximum Gasteiger partial charge on any atom is 0.230 e. The summed E-state index contributed by atoms with van der Waals surface area (Å²) in [5, 5.41) is 13.0. The predicted molar refractivity (Wildman–Crippen MR) is 114 cm³/mol. The van der Waals surface area contributed by atoms with Crippen LogP contribution >= 0.6 is 23.4 Å². The number of carbonyl (C=O) groups is 1. The van der Waals surface area contributed by atoms with Crippen LogP contribution in [0.3, 0.4) is 0 Å². The third kappa shape index (κ3) is 5.59. The molecule has 2 aromatic carbocycles. The predicted octanol–water partition coefficient (Wildman–Crippen LogP) is 4.32. The molecule has 0 spiro atoms. The van der Waals surface area contributed by atoms with Crippen molar-refractivity contribution in [1.29, 1.82) is 0 Å². The summed E-state index contributed by atoms with van der Waals surface area (Å²) in [7, 11) is 0. The number of nitrogens with zero attached hydrogens (tertiary/aromatic N) is 3. The first-order valence-electron chi connectivity index (χ1n) is 9.31. The highest BCUT2D eigenvalue weighted by molar-refractivity contribution is 7.99. The first-order valence-corrected chi connectivity index (χ1v) is 10.7. The van der Waals surface area contributed by atoms with Crippen molar-refractivity contribution in [2.24, 2.45) is 0 Å². The minimum absolute atomic E-state index is 0.00309. The van der Waals surface area contributed by atoms with Crippen LogP contribution in [-0.4, -0.2) is 33.0 Å². The van der Waals surface area contributed by atoms with Crippen molar-refractivity contribution < 1.29 is 4.79 Å². The maximum atomic E-state index is 12.0. The molecule has 0 fully saturated rings. The zero-order chi connectivity index (χ0) is 19.8. The second-order valence-electron chi connectivity index (χ2n) is 6.33. The quantitative estimate of drug-likeness (QED) is 0.529. The van der Waals surface area contributed by atoms with Crippen LogP contribution in [0.15, 0.2) is 59.8 Å². The number of hydrogen-bond acceptors (Lipinski definition) is 4. The Balaban J connectivity index is 1.80. The summed E-state index contributed by atoms with van der Waals surface area (Å²) in [6.45, 7) is 2.72. The van der Waals surface area contributed by atoms with Gasteiger partial charge in [0.15, 0.2) is 5.16 Å². The summed E-state index contributed by atoms with van der Waals surface area (Å²) in [4.78, 5) is 12.0. The monoisotopic (exact) mass is 414 g/mol. The largest absolute Gasteiger partial charge is 0.355 e. The summed E-state index contributed by atoms with van der Waals surface area (Å²) in [6.07, 6.45) is 2.54. The second kappa shape index (κ2) is 10.3. The van der Waals surface area contributed by atoms with E-state index in [0.717, 1.165) is 30.8 Å². The van der Waals surface area contributed by atoms with Crippen molar-refractivity contribution in [2.45, 2.75) is 31.3 Å². The zero-order valence-corrected chi connectivity index (χ0v) is 17.3. The number of benzene rings is 2. The van der Waals surface area contributed by atoms with E-state index in [9.17, 15) is 4.79 Å². The minimum Gasteiger partial charge on any atom is -0.355 e. The van der Waals surface area contributed by atoms with Gasteiger partial charge in [0.1, 0.15) is 5.82 Å². The summed E-state index contributed by atoms with van der Waals surface area (Å²) in [6, 6.07) is 17.9. The van der Waals surface area contributed by atoms with Crippen molar-refractivity contribution in [3.63, 3.8) is 0 Å². The molecule has 0 bridgehead atoms. The Kier molecular flexibility index (Phi) is 7.51. The SMILES string of the molecule is CCCNC(=O)CSc1nnc(CCc2ccccc2)n1-c1ccc(Cl)cc1. The maximum absolute atomic E-state index is 12.0. The lowest BCUT2D eigenvalue weighted by Crippen LogP contribution is -2.25. The average molecular weight is 415 g/mol. The first-order chi connectivity index (χ1) is 13.7. The third-order valence-electron chi connectivity index (χ3n) is 4.17. The van der Waals surface area contributed by atoms with Crippen molar-refractivity contribution in [3.05, 3.63) is 71.0 Å². The molecule has 0 unspecified atom stereocenters. The number of amides is 1. The fraction of sp³-hybridized carbons (Fsp3) is 0.286. The van der Waals surface area contributed by atoms with E-state index in [2.05, 4.69) is 27.6 Å². The number of halogens is 1. The number of aromatic nitrogens is 3. The molecule has 3 rings (SSSR count). The van der Waals surface area contributed by atoms with Gasteiger partial charge in [0, 0.05) is 23.7 Å². The molecule has 1 aromatic heterocycles. The van der Waals surface area contributed by atoms with Gasteiger partial charge in [0.2, 0.25) is 5.91 Å². The summed E-state index contributed by atoms with van der Waals surface area (Å²) >= 11 is 7.44. The molecule has 1 N–H and O–H groups in total. The molecule has 0 radical (unpaired) electrons. The van der Waals surface area contributed by atoms with Gasteiger partial charge >= 0.3 is 0 Å². The number of thioether (sulfide) groups is 1. The van der Waals surface area contributed by atoms with Crippen LogP contribution in [0.2, 0.25) is 5.02 Å². The second-order valence-corrected chi connectivity index (χ2v) is 7.71. The number of hydrogen-bond donors (Lipinski definition) is 1. The van der Waals surface area contributed by atoms with Gasteiger partial charge in [-0.1, -0.05) is 60.6 Å². The van der Waals surface area contributed by atoms with Crippen LogP contribution in [0.25, 0.3) is 5.69 Å². The van der Waals surface area contributed by atoms with E-state index in [0.29, 0.717) is 22.5 Å². The van der Waals surface area contributed by atoms with Gasteiger partial charge < -0.3 is 5.32 Å². The molecule has 0 saturated carbocycles. The van der Waals surface area contributed by atoms with Crippen LogP contribution in [-0.2, 0) is 17.6 Å². The van der Waals surface area contributed by atoms with Crippen molar-refractivity contribution >= 4 is 29.3 Å². The van der Waals surface area contributed by atoms with E-state index in [1.807, 2.05) is 54.0 Å². The third-order valence-corrected chi connectivity index (χ3v) is 5.35. The van der Waals surface area contributed by atoms with Crippen molar-refractivity contribution in [1.82, 2.24) is 20.1 Å². The molecule has 0 saturated heterocycles. The smallest absolute Gasteiger partial charge is 0.230 e. The Bertz CT molecular complexity index is 897. The molecule has 0 aliphatic heterocycles. The molecule has 5 nitrogen and oxygen atoms in total. The molecule has 1 heterocycles. The van der Waals surface area contributed by atoms with E-state index in [4.69, 9.17) is 11.6 Å². The van der Waals surface area contributed by atoms with E-state index in [1.165, 1.54) is 17.3 Å². The fourth-order valence-electron chi connectivity index (χ4n) is 2.75. The van der Waals surface area contributed by atoms with Gasteiger partial charge in [0.05, 0.1) is 5.75 Å². The average Bonchev–Trinajstić information content (AvgIpc) is 3.13. The molecule has 3 aromatic rings. The lowest BCUT2D eigenvalue weighted by Gasteiger charge is -2.10. The van der Waals surface area contributed by atoms with Crippen LogP contribution < -0.4 is 5.32 Å². The number of carbonyl (C=O) groups excluding carboxylic acids is 1. The molecule has 0 aliphatic rings. The van der Waals surface area contributed by atoms with Crippen LogP contribution in [0.1, 0.15) is 24.7 Å². The van der Waals surface area contributed by atoms with Gasteiger partial charge in [-0.15, -0.1) is 10.2 Å². The molecule has 7 heteroatoms. The first kappa shape index (κ1) is 20.4. The highest BCUT2D eigenvalue weighted by Crippen LogP contribution is 2.24. The van der Waals surface area contributed by atoms with Gasteiger partial charge in [-0.25, -0.2) is 0 Å². The lowest BCUT2D eigenvalue weighted by atomic mass is 10.1. The normalized spacial score (nSPS) is 10.8.